The Bertz CT molecular complexity index is 707. The molecule has 0 fully saturated rings. The molecule has 5 heteroatoms. The van der Waals surface area contributed by atoms with Crippen LogP contribution in [0.3, 0.4) is 0 Å². The van der Waals surface area contributed by atoms with E-state index in [0.29, 0.717) is 6.42 Å². The zero-order chi connectivity index (χ0) is 13.2. The van der Waals surface area contributed by atoms with E-state index >= 15 is 0 Å². The molecule has 3 aromatic heterocycles. The van der Waals surface area contributed by atoms with Crippen LogP contribution in [0.5, 0.6) is 0 Å². The summed E-state index contributed by atoms with van der Waals surface area (Å²) in [7, 11) is 0. The molecule has 0 saturated carbocycles. The third-order valence-corrected chi connectivity index (χ3v) is 3.99. The monoisotopic (exact) mass is 270 g/mol. The summed E-state index contributed by atoms with van der Waals surface area (Å²) >= 11 is 1.67. The summed E-state index contributed by atoms with van der Waals surface area (Å²) in [6.07, 6.45) is 5.96. The van der Waals surface area contributed by atoms with Gasteiger partial charge in [0.1, 0.15) is 0 Å². The van der Waals surface area contributed by atoms with Gasteiger partial charge >= 0.3 is 0 Å². The molecule has 0 saturated heterocycles. The van der Waals surface area contributed by atoms with E-state index in [4.69, 9.17) is 11.5 Å². The molecule has 0 radical (unpaired) electrons. The first-order valence-electron chi connectivity index (χ1n) is 6.01. The van der Waals surface area contributed by atoms with Gasteiger partial charge in [-0.2, -0.15) is 0 Å². The summed E-state index contributed by atoms with van der Waals surface area (Å²) < 4.78 is 1.16. The SMILES string of the molecule is Nc1ccncc1CC(N)c1cnc2ccsc2c1. The van der Waals surface area contributed by atoms with Crippen molar-refractivity contribution in [3.05, 3.63) is 53.3 Å². The molecule has 96 valence electrons. The van der Waals surface area contributed by atoms with Gasteiger partial charge in [-0.1, -0.05) is 0 Å². The first-order chi connectivity index (χ1) is 9.24. The quantitative estimate of drug-likeness (QED) is 0.766. The molecule has 4 nitrogen and oxygen atoms in total. The molecule has 3 rings (SSSR count). The van der Waals surface area contributed by atoms with Crippen LogP contribution in [0.15, 0.2) is 42.2 Å². The van der Waals surface area contributed by atoms with E-state index in [2.05, 4.69) is 16.0 Å². The van der Waals surface area contributed by atoms with Crippen LogP contribution in [0.25, 0.3) is 10.2 Å². The Balaban J connectivity index is 1.87. The summed E-state index contributed by atoms with van der Waals surface area (Å²) in [6, 6.07) is 5.78. The first kappa shape index (κ1) is 12.1. The molecule has 0 bridgehead atoms. The highest BCUT2D eigenvalue weighted by molar-refractivity contribution is 7.17. The average molecular weight is 270 g/mol. The van der Waals surface area contributed by atoms with E-state index in [1.54, 1.807) is 29.8 Å². The van der Waals surface area contributed by atoms with Gasteiger partial charge in [-0.3, -0.25) is 9.97 Å². The number of fused-ring (bicyclic) bond motifs is 1. The van der Waals surface area contributed by atoms with E-state index < -0.39 is 0 Å². The fraction of sp³-hybridized carbons (Fsp3) is 0.143. The number of aromatic nitrogens is 2. The first-order valence-corrected chi connectivity index (χ1v) is 6.89. The van der Waals surface area contributed by atoms with Gasteiger partial charge < -0.3 is 11.5 Å². The van der Waals surface area contributed by atoms with Gasteiger partial charge in [0.05, 0.1) is 10.2 Å². The minimum absolute atomic E-state index is 0.120. The third kappa shape index (κ3) is 2.43. The molecule has 0 aliphatic carbocycles. The average Bonchev–Trinajstić information content (AvgIpc) is 2.88. The molecule has 0 spiro atoms. The zero-order valence-corrected chi connectivity index (χ0v) is 11.1. The minimum atomic E-state index is -0.120. The van der Waals surface area contributed by atoms with Crippen LogP contribution < -0.4 is 11.5 Å². The van der Waals surface area contributed by atoms with E-state index in [9.17, 15) is 0 Å². The summed E-state index contributed by atoms with van der Waals surface area (Å²) in [5.74, 6) is 0. The Morgan fingerprint density at radius 3 is 3.00 bits per heavy atom. The topological polar surface area (TPSA) is 77.8 Å². The lowest BCUT2D eigenvalue weighted by Crippen LogP contribution is -2.14. The number of nitrogen functional groups attached to an aromatic ring is 1. The predicted octanol–water partition coefficient (Wildman–Crippen LogP) is 2.52. The lowest BCUT2D eigenvalue weighted by Gasteiger charge is -2.13. The number of nitrogens with two attached hydrogens (primary N) is 2. The second-order valence-electron chi connectivity index (χ2n) is 4.46. The van der Waals surface area contributed by atoms with Crippen LogP contribution in [-0.2, 0) is 6.42 Å². The van der Waals surface area contributed by atoms with Crippen molar-refractivity contribution in [3.63, 3.8) is 0 Å². The standard InChI is InChI=1S/C14H14N4S/c15-11-1-3-17-7-9(11)5-12(16)10-6-14-13(18-8-10)2-4-19-14/h1-4,6-8,12H,5,16H2,(H2,15,17). The molecule has 19 heavy (non-hydrogen) atoms. The number of pyridine rings is 2. The highest BCUT2D eigenvalue weighted by Crippen LogP contribution is 2.24. The van der Waals surface area contributed by atoms with Crippen molar-refractivity contribution in [3.8, 4) is 0 Å². The number of anilines is 1. The normalized spacial score (nSPS) is 12.7. The lowest BCUT2D eigenvalue weighted by molar-refractivity contribution is 0.719. The maximum absolute atomic E-state index is 6.24. The number of rotatable bonds is 3. The molecule has 0 aliphatic heterocycles. The maximum atomic E-state index is 6.24. The van der Waals surface area contributed by atoms with E-state index in [-0.39, 0.29) is 6.04 Å². The second-order valence-corrected chi connectivity index (χ2v) is 5.41. The van der Waals surface area contributed by atoms with Gasteiger partial charge in [0, 0.05) is 30.3 Å². The maximum Gasteiger partial charge on any atom is 0.0809 e. The predicted molar refractivity (Wildman–Crippen MR) is 78.9 cm³/mol. The third-order valence-electron chi connectivity index (χ3n) is 3.13. The molecule has 1 unspecified atom stereocenters. The largest absolute Gasteiger partial charge is 0.398 e. The Morgan fingerprint density at radius 2 is 2.16 bits per heavy atom. The smallest absolute Gasteiger partial charge is 0.0809 e. The van der Waals surface area contributed by atoms with Crippen LogP contribution in [0.1, 0.15) is 17.2 Å². The number of thiophene rings is 1. The van der Waals surface area contributed by atoms with Gasteiger partial charge in [0.2, 0.25) is 0 Å². The number of nitrogens with zero attached hydrogens (tertiary/aromatic N) is 2. The summed E-state index contributed by atoms with van der Waals surface area (Å²) in [4.78, 5) is 8.49. The molecule has 0 amide bonds. The van der Waals surface area contributed by atoms with Crippen molar-refractivity contribution < 1.29 is 0 Å². The number of hydrogen-bond donors (Lipinski definition) is 2. The van der Waals surface area contributed by atoms with Crippen LogP contribution >= 0.6 is 11.3 Å². The van der Waals surface area contributed by atoms with Crippen LogP contribution in [0.2, 0.25) is 0 Å². The van der Waals surface area contributed by atoms with E-state index in [1.165, 1.54) is 0 Å². The molecule has 3 heterocycles. The zero-order valence-electron chi connectivity index (χ0n) is 10.3. The van der Waals surface area contributed by atoms with Gasteiger partial charge in [0.15, 0.2) is 0 Å². The minimum Gasteiger partial charge on any atom is -0.398 e. The molecule has 0 aliphatic rings. The molecule has 1 atom stereocenters. The highest BCUT2D eigenvalue weighted by Gasteiger charge is 2.11. The molecule has 3 aromatic rings. The summed E-state index contributed by atoms with van der Waals surface area (Å²) in [6.45, 7) is 0. The second kappa shape index (κ2) is 4.95. The Kier molecular flexibility index (Phi) is 3.15. The molecule has 4 N–H and O–H groups in total. The molecular formula is C14H14N4S. The highest BCUT2D eigenvalue weighted by atomic mass is 32.1. The van der Waals surface area contributed by atoms with Crippen LogP contribution in [0.4, 0.5) is 5.69 Å². The fourth-order valence-electron chi connectivity index (χ4n) is 2.03. The Morgan fingerprint density at radius 1 is 1.26 bits per heavy atom. The molecule has 0 aromatic carbocycles. The Labute approximate surface area is 115 Å². The number of hydrogen-bond acceptors (Lipinski definition) is 5. The lowest BCUT2D eigenvalue weighted by atomic mass is 10.0. The van der Waals surface area contributed by atoms with Crippen molar-refractivity contribution in [1.29, 1.82) is 0 Å². The van der Waals surface area contributed by atoms with Crippen molar-refractivity contribution in [2.75, 3.05) is 5.73 Å². The fourth-order valence-corrected chi connectivity index (χ4v) is 2.82. The van der Waals surface area contributed by atoms with Crippen molar-refractivity contribution in [1.82, 2.24) is 9.97 Å². The Hall–Kier alpha value is -1.98. The van der Waals surface area contributed by atoms with E-state index in [0.717, 1.165) is 27.0 Å². The molecular weight excluding hydrogens is 256 g/mol. The van der Waals surface area contributed by atoms with Gasteiger partial charge in [-0.15, -0.1) is 11.3 Å². The van der Waals surface area contributed by atoms with Crippen molar-refractivity contribution in [2.45, 2.75) is 12.5 Å². The van der Waals surface area contributed by atoms with Gasteiger partial charge in [-0.25, -0.2) is 0 Å². The summed E-state index contributed by atoms with van der Waals surface area (Å²) in [5, 5.41) is 2.03. The van der Waals surface area contributed by atoms with Crippen LogP contribution in [0, 0.1) is 0 Å². The van der Waals surface area contributed by atoms with Gasteiger partial charge in [0.25, 0.3) is 0 Å². The van der Waals surface area contributed by atoms with Crippen molar-refractivity contribution in [2.24, 2.45) is 5.73 Å². The van der Waals surface area contributed by atoms with E-state index in [1.807, 2.05) is 17.6 Å². The van der Waals surface area contributed by atoms with Crippen LogP contribution in [-0.4, -0.2) is 9.97 Å². The van der Waals surface area contributed by atoms with Gasteiger partial charge in [-0.05, 0) is 41.1 Å². The van der Waals surface area contributed by atoms with Crippen molar-refractivity contribution >= 4 is 27.2 Å². The summed E-state index contributed by atoms with van der Waals surface area (Å²) in [5.41, 5.74) is 15.9.